The van der Waals surface area contributed by atoms with Crippen LogP contribution in [0.4, 0.5) is 4.79 Å². The van der Waals surface area contributed by atoms with Gasteiger partial charge in [0.25, 0.3) is 0 Å². The van der Waals surface area contributed by atoms with E-state index in [1.807, 2.05) is 39.8 Å². The molecule has 26 heavy (non-hydrogen) atoms. The average molecular weight is 358 g/mol. The van der Waals surface area contributed by atoms with E-state index >= 15 is 0 Å². The fourth-order valence-electron chi connectivity index (χ4n) is 3.86. The number of piperidine rings is 1. The van der Waals surface area contributed by atoms with Crippen molar-refractivity contribution in [3.05, 3.63) is 34.9 Å². The molecule has 6 nitrogen and oxygen atoms in total. The minimum Gasteiger partial charge on any atom is -0.444 e. The number of carbonyl (C=O) groups is 1. The molecule has 2 fully saturated rings. The first-order valence-corrected chi connectivity index (χ1v) is 8.96. The van der Waals surface area contributed by atoms with Crippen LogP contribution in [0.3, 0.4) is 0 Å². The Kier molecular flexibility index (Phi) is 4.72. The molecule has 2 bridgehead atoms. The van der Waals surface area contributed by atoms with Gasteiger partial charge in [0.05, 0.1) is 42.5 Å². The summed E-state index contributed by atoms with van der Waals surface area (Å²) in [7, 11) is 0. The topological polar surface area (TPSA) is 82.8 Å². The van der Waals surface area contributed by atoms with Gasteiger partial charge in [-0.2, -0.15) is 5.26 Å². The first kappa shape index (κ1) is 18.7. The third-order valence-corrected chi connectivity index (χ3v) is 5.05. The van der Waals surface area contributed by atoms with Crippen LogP contribution in [0, 0.1) is 18.3 Å². The zero-order valence-electron chi connectivity index (χ0n) is 15.8. The highest BCUT2D eigenvalue weighted by Gasteiger charge is 2.49. The van der Waals surface area contributed by atoms with Gasteiger partial charge in [-0.25, -0.2) is 4.79 Å². The summed E-state index contributed by atoms with van der Waals surface area (Å²) in [6, 6.07) is 7.15. The number of benzene rings is 1. The number of hydrogen-bond acceptors (Lipinski definition) is 5. The Labute approximate surface area is 154 Å². The van der Waals surface area contributed by atoms with Crippen LogP contribution in [0.15, 0.2) is 18.2 Å². The van der Waals surface area contributed by atoms with Gasteiger partial charge >= 0.3 is 6.09 Å². The SMILES string of the molecule is Cc1ccc(C2(O)CC3COCC(C2)N3C(=O)OC(C)(C)C)cc1C#N. The maximum atomic E-state index is 12.6. The third-order valence-electron chi connectivity index (χ3n) is 5.05. The number of nitriles is 1. The van der Waals surface area contributed by atoms with Gasteiger partial charge < -0.3 is 14.6 Å². The normalized spacial score (nSPS) is 28.4. The third kappa shape index (κ3) is 3.55. The van der Waals surface area contributed by atoms with E-state index in [4.69, 9.17) is 9.47 Å². The molecule has 1 aromatic carbocycles. The predicted molar refractivity (Wildman–Crippen MR) is 95.5 cm³/mol. The molecule has 2 saturated heterocycles. The standard InChI is InChI=1S/C20H26N2O4/c1-13-5-6-15(7-14(13)10-21)20(24)8-16-11-25-12-17(9-20)22(16)18(23)26-19(2,3)4/h5-7,16-17,24H,8-9,11-12H2,1-4H3. The maximum absolute atomic E-state index is 12.6. The summed E-state index contributed by atoms with van der Waals surface area (Å²) in [5.41, 5.74) is 0.511. The lowest BCUT2D eigenvalue weighted by Crippen LogP contribution is -2.63. The molecule has 1 aromatic rings. The summed E-state index contributed by atoms with van der Waals surface area (Å²) >= 11 is 0. The molecule has 0 aliphatic carbocycles. The summed E-state index contributed by atoms with van der Waals surface area (Å²) in [5.74, 6) is 0. The Hall–Kier alpha value is -2.10. The van der Waals surface area contributed by atoms with Crippen molar-refractivity contribution in [3.8, 4) is 6.07 Å². The van der Waals surface area contributed by atoms with Crippen molar-refractivity contribution in [2.24, 2.45) is 0 Å². The van der Waals surface area contributed by atoms with Gasteiger partial charge in [-0.15, -0.1) is 0 Å². The lowest BCUT2D eigenvalue weighted by Gasteiger charge is -2.51. The van der Waals surface area contributed by atoms with Crippen molar-refractivity contribution < 1.29 is 19.4 Å². The van der Waals surface area contributed by atoms with Gasteiger partial charge in [0.1, 0.15) is 5.60 Å². The van der Waals surface area contributed by atoms with Crippen molar-refractivity contribution >= 4 is 6.09 Å². The molecular formula is C20H26N2O4. The molecule has 140 valence electrons. The molecule has 6 heteroatoms. The average Bonchev–Trinajstić information content (AvgIpc) is 2.52. The number of fused-ring (bicyclic) bond motifs is 2. The second kappa shape index (κ2) is 6.57. The molecule has 1 amide bonds. The fourth-order valence-corrected chi connectivity index (χ4v) is 3.86. The number of aryl methyl sites for hydroxylation is 1. The van der Waals surface area contributed by atoms with Crippen molar-refractivity contribution in [1.29, 1.82) is 5.26 Å². The van der Waals surface area contributed by atoms with E-state index in [0.717, 1.165) is 11.1 Å². The molecule has 0 spiro atoms. The number of amides is 1. The lowest BCUT2D eigenvalue weighted by atomic mass is 9.76. The quantitative estimate of drug-likeness (QED) is 0.835. The first-order valence-electron chi connectivity index (χ1n) is 8.96. The Morgan fingerprint density at radius 2 is 1.96 bits per heavy atom. The van der Waals surface area contributed by atoms with Crippen molar-refractivity contribution in [2.45, 2.75) is 63.8 Å². The van der Waals surface area contributed by atoms with Gasteiger partial charge in [-0.05, 0) is 44.9 Å². The number of morpholine rings is 1. The summed E-state index contributed by atoms with van der Waals surface area (Å²) in [6.07, 6.45) is 0.354. The number of aliphatic hydroxyl groups is 1. The maximum Gasteiger partial charge on any atom is 0.410 e. The lowest BCUT2D eigenvalue weighted by molar-refractivity contribution is -0.141. The van der Waals surface area contributed by atoms with E-state index in [2.05, 4.69) is 6.07 Å². The van der Waals surface area contributed by atoms with Crippen molar-refractivity contribution in [3.63, 3.8) is 0 Å². The Balaban J connectivity index is 1.87. The van der Waals surface area contributed by atoms with Crippen LogP contribution in [0.5, 0.6) is 0 Å². The second-order valence-electron chi connectivity index (χ2n) is 8.31. The largest absolute Gasteiger partial charge is 0.444 e. The fraction of sp³-hybridized carbons (Fsp3) is 0.600. The van der Waals surface area contributed by atoms with Gasteiger partial charge in [-0.3, -0.25) is 4.90 Å². The Morgan fingerprint density at radius 3 is 2.50 bits per heavy atom. The summed E-state index contributed by atoms with van der Waals surface area (Å²) < 4.78 is 11.2. The monoisotopic (exact) mass is 358 g/mol. The summed E-state index contributed by atoms with van der Waals surface area (Å²) in [6.45, 7) is 8.14. The van der Waals surface area contributed by atoms with Gasteiger partial charge in [0, 0.05) is 12.8 Å². The van der Waals surface area contributed by atoms with Crippen LogP contribution in [0.1, 0.15) is 50.3 Å². The second-order valence-corrected chi connectivity index (χ2v) is 8.31. The highest BCUT2D eigenvalue weighted by molar-refractivity contribution is 5.69. The molecule has 2 aliphatic rings. The Morgan fingerprint density at radius 1 is 1.35 bits per heavy atom. The van der Waals surface area contributed by atoms with E-state index in [-0.39, 0.29) is 18.2 Å². The molecule has 2 aliphatic heterocycles. The molecule has 0 radical (unpaired) electrons. The van der Waals surface area contributed by atoms with Crippen LogP contribution >= 0.6 is 0 Å². The van der Waals surface area contributed by atoms with Crippen LogP contribution in [-0.2, 0) is 15.1 Å². The number of carbonyl (C=O) groups excluding carboxylic acids is 1. The molecule has 2 heterocycles. The van der Waals surface area contributed by atoms with Crippen LogP contribution < -0.4 is 0 Å². The van der Waals surface area contributed by atoms with Crippen LogP contribution in [0.2, 0.25) is 0 Å². The molecule has 2 atom stereocenters. The van der Waals surface area contributed by atoms with E-state index in [1.165, 1.54) is 0 Å². The van der Waals surface area contributed by atoms with Gasteiger partial charge in [-0.1, -0.05) is 12.1 Å². The van der Waals surface area contributed by atoms with E-state index in [0.29, 0.717) is 31.6 Å². The van der Waals surface area contributed by atoms with Crippen molar-refractivity contribution in [2.75, 3.05) is 13.2 Å². The summed E-state index contributed by atoms with van der Waals surface area (Å²) in [4.78, 5) is 14.4. The molecule has 3 rings (SSSR count). The smallest absolute Gasteiger partial charge is 0.410 e. The highest BCUT2D eigenvalue weighted by Crippen LogP contribution is 2.42. The minimum absolute atomic E-state index is 0.255. The number of hydrogen-bond donors (Lipinski definition) is 1. The molecule has 0 aromatic heterocycles. The highest BCUT2D eigenvalue weighted by atomic mass is 16.6. The molecule has 1 N–H and O–H groups in total. The molecular weight excluding hydrogens is 332 g/mol. The number of ether oxygens (including phenoxy) is 2. The zero-order valence-corrected chi connectivity index (χ0v) is 15.8. The van der Waals surface area contributed by atoms with E-state index in [9.17, 15) is 15.2 Å². The molecule has 2 unspecified atom stereocenters. The Bertz CT molecular complexity index is 733. The van der Waals surface area contributed by atoms with Crippen LogP contribution in [-0.4, -0.2) is 47.0 Å². The first-order chi connectivity index (χ1) is 12.1. The van der Waals surface area contributed by atoms with Gasteiger partial charge in [0.2, 0.25) is 0 Å². The van der Waals surface area contributed by atoms with E-state index in [1.54, 1.807) is 11.0 Å². The number of rotatable bonds is 1. The van der Waals surface area contributed by atoms with E-state index < -0.39 is 11.2 Å². The van der Waals surface area contributed by atoms with Crippen molar-refractivity contribution in [1.82, 2.24) is 4.90 Å². The molecule has 0 saturated carbocycles. The predicted octanol–water partition coefficient (Wildman–Crippen LogP) is 2.85. The minimum atomic E-state index is -1.09. The summed E-state index contributed by atoms with van der Waals surface area (Å²) in [5, 5.41) is 20.6. The number of nitrogens with zero attached hydrogens (tertiary/aromatic N) is 2. The van der Waals surface area contributed by atoms with Gasteiger partial charge in [0.15, 0.2) is 0 Å². The van der Waals surface area contributed by atoms with Crippen LogP contribution in [0.25, 0.3) is 0 Å². The zero-order chi connectivity index (χ0) is 19.1.